The van der Waals surface area contributed by atoms with Crippen molar-refractivity contribution in [3.63, 3.8) is 0 Å². The van der Waals surface area contributed by atoms with Gasteiger partial charge in [-0.25, -0.2) is 0 Å². The molecule has 0 saturated carbocycles. The number of ether oxygens (including phenoxy) is 2. The van der Waals surface area contributed by atoms with Gasteiger partial charge in [0.05, 0.1) is 14.2 Å². The summed E-state index contributed by atoms with van der Waals surface area (Å²) in [7, 11) is 3.10. The number of hydrogen-bond donors (Lipinski definition) is 0. The van der Waals surface area contributed by atoms with E-state index in [1.54, 1.807) is 20.3 Å². The molecule has 1 aromatic heterocycles. The Morgan fingerprint density at radius 1 is 1.33 bits per heavy atom. The molecule has 0 radical (unpaired) electrons. The summed E-state index contributed by atoms with van der Waals surface area (Å²) in [5.74, 6) is 1.09. The molecule has 66 valence electrons. The molecule has 0 amide bonds. The molecule has 1 rings (SSSR count). The lowest BCUT2D eigenvalue weighted by Crippen LogP contribution is -1.94. The quantitative estimate of drug-likeness (QED) is 0.665. The summed E-state index contributed by atoms with van der Waals surface area (Å²) in [4.78, 5) is 3.98. The second kappa shape index (κ2) is 3.63. The fourth-order valence-electron chi connectivity index (χ4n) is 0.900. The Kier molecular flexibility index (Phi) is 2.76. The monoisotopic (exact) mass is 187 g/mol. The first-order chi connectivity index (χ1) is 5.69. The summed E-state index contributed by atoms with van der Waals surface area (Å²) in [5.41, 5.74) is 0.902. The van der Waals surface area contributed by atoms with Crippen molar-refractivity contribution in [3.05, 3.63) is 16.8 Å². The summed E-state index contributed by atoms with van der Waals surface area (Å²) in [6.45, 7) is 1.88. The van der Waals surface area contributed by atoms with Gasteiger partial charge in [-0.05, 0) is 13.0 Å². The normalized spacial score (nSPS) is 9.67. The maximum atomic E-state index is 5.76. The highest BCUT2D eigenvalue weighted by molar-refractivity contribution is 6.30. The molecule has 0 fully saturated rings. The van der Waals surface area contributed by atoms with Gasteiger partial charge in [0.1, 0.15) is 0 Å². The van der Waals surface area contributed by atoms with E-state index in [1.807, 2.05) is 6.92 Å². The molecule has 0 aliphatic carbocycles. The highest BCUT2D eigenvalue weighted by Crippen LogP contribution is 2.27. The molecule has 0 saturated heterocycles. The molecule has 0 N–H and O–H groups in total. The van der Waals surface area contributed by atoms with Gasteiger partial charge in [-0.1, -0.05) is 11.6 Å². The van der Waals surface area contributed by atoms with Crippen molar-refractivity contribution in [1.29, 1.82) is 0 Å². The molecular formula is C8H10ClNO2. The van der Waals surface area contributed by atoms with E-state index in [1.165, 1.54) is 0 Å². The third-order valence-corrected chi connectivity index (χ3v) is 1.77. The molecule has 0 spiro atoms. The van der Waals surface area contributed by atoms with Crippen LogP contribution in [0.25, 0.3) is 0 Å². The smallest absolute Gasteiger partial charge is 0.217 e. The summed E-state index contributed by atoms with van der Waals surface area (Å²) < 4.78 is 9.95. The Bertz CT molecular complexity index is 259. The molecule has 0 aliphatic heterocycles. The summed E-state index contributed by atoms with van der Waals surface area (Å²) in [6.07, 6.45) is 0. The number of rotatable bonds is 2. The topological polar surface area (TPSA) is 31.4 Å². The summed E-state index contributed by atoms with van der Waals surface area (Å²) >= 11 is 5.76. The molecular weight excluding hydrogens is 178 g/mol. The van der Waals surface area contributed by atoms with Crippen LogP contribution in [0.2, 0.25) is 5.15 Å². The van der Waals surface area contributed by atoms with Crippen LogP contribution >= 0.6 is 11.6 Å². The fourth-order valence-corrected chi connectivity index (χ4v) is 1.11. The van der Waals surface area contributed by atoms with E-state index in [2.05, 4.69) is 4.98 Å². The molecule has 3 nitrogen and oxygen atoms in total. The van der Waals surface area contributed by atoms with Crippen LogP contribution in [0, 0.1) is 6.92 Å². The molecule has 0 aromatic carbocycles. The Morgan fingerprint density at radius 2 is 2.00 bits per heavy atom. The zero-order valence-corrected chi connectivity index (χ0v) is 7.97. The number of nitrogens with zero attached hydrogens (tertiary/aromatic N) is 1. The van der Waals surface area contributed by atoms with E-state index < -0.39 is 0 Å². The molecule has 4 heteroatoms. The Hall–Kier alpha value is -0.960. The number of pyridine rings is 1. The van der Waals surface area contributed by atoms with Crippen molar-refractivity contribution in [3.8, 4) is 11.6 Å². The lowest BCUT2D eigenvalue weighted by Gasteiger charge is -2.06. The predicted octanol–water partition coefficient (Wildman–Crippen LogP) is 2.06. The predicted molar refractivity (Wildman–Crippen MR) is 47.1 cm³/mol. The zero-order chi connectivity index (χ0) is 9.14. The van der Waals surface area contributed by atoms with Crippen LogP contribution in [0.1, 0.15) is 5.56 Å². The average Bonchev–Trinajstić information content (AvgIpc) is 2.08. The number of halogens is 1. The van der Waals surface area contributed by atoms with Gasteiger partial charge in [0, 0.05) is 5.56 Å². The van der Waals surface area contributed by atoms with Crippen molar-refractivity contribution >= 4 is 11.6 Å². The van der Waals surface area contributed by atoms with E-state index in [4.69, 9.17) is 21.1 Å². The number of aromatic nitrogens is 1. The second-order valence-corrected chi connectivity index (χ2v) is 2.67. The first-order valence-electron chi connectivity index (χ1n) is 3.44. The van der Waals surface area contributed by atoms with E-state index in [0.717, 1.165) is 5.56 Å². The van der Waals surface area contributed by atoms with Gasteiger partial charge >= 0.3 is 0 Å². The largest absolute Gasteiger partial charge is 0.494 e. The van der Waals surface area contributed by atoms with Gasteiger partial charge in [-0.15, -0.1) is 0 Å². The van der Waals surface area contributed by atoms with Crippen molar-refractivity contribution in [1.82, 2.24) is 4.98 Å². The minimum Gasteiger partial charge on any atom is -0.494 e. The van der Waals surface area contributed by atoms with Gasteiger partial charge in [0.2, 0.25) is 5.88 Å². The van der Waals surface area contributed by atoms with Crippen LogP contribution < -0.4 is 9.47 Å². The lowest BCUT2D eigenvalue weighted by molar-refractivity contribution is 0.384. The van der Waals surface area contributed by atoms with Crippen molar-refractivity contribution < 1.29 is 9.47 Å². The van der Waals surface area contributed by atoms with Crippen molar-refractivity contribution in [2.45, 2.75) is 6.92 Å². The zero-order valence-electron chi connectivity index (χ0n) is 7.22. The minimum absolute atomic E-state index is 0.319. The Balaban J connectivity index is 3.16. The fraction of sp³-hybridized carbons (Fsp3) is 0.375. The van der Waals surface area contributed by atoms with E-state index in [9.17, 15) is 0 Å². The Labute approximate surface area is 76.3 Å². The molecule has 1 aromatic rings. The SMILES string of the molecule is COc1cc(C)c(OC)nc1Cl. The molecule has 12 heavy (non-hydrogen) atoms. The molecule has 0 unspecified atom stereocenters. The van der Waals surface area contributed by atoms with Crippen LogP contribution in [0.3, 0.4) is 0 Å². The van der Waals surface area contributed by atoms with Crippen LogP contribution in [0.5, 0.6) is 11.6 Å². The molecule has 1 heterocycles. The van der Waals surface area contributed by atoms with Gasteiger partial charge in [-0.2, -0.15) is 4.98 Å². The lowest BCUT2D eigenvalue weighted by atomic mass is 10.3. The highest BCUT2D eigenvalue weighted by atomic mass is 35.5. The third kappa shape index (κ3) is 1.61. The number of aryl methyl sites for hydroxylation is 1. The van der Waals surface area contributed by atoms with Crippen molar-refractivity contribution in [2.24, 2.45) is 0 Å². The third-order valence-electron chi connectivity index (χ3n) is 1.50. The molecule has 0 bridgehead atoms. The van der Waals surface area contributed by atoms with E-state index >= 15 is 0 Å². The van der Waals surface area contributed by atoms with E-state index in [0.29, 0.717) is 16.8 Å². The number of hydrogen-bond acceptors (Lipinski definition) is 3. The van der Waals surface area contributed by atoms with Crippen LogP contribution in [-0.2, 0) is 0 Å². The Morgan fingerprint density at radius 3 is 2.50 bits per heavy atom. The van der Waals surface area contributed by atoms with Gasteiger partial charge in [-0.3, -0.25) is 0 Å². The van der Waals surface area contributed by atoms with Crippen LogP contribution in [-0.4, -0.2) is 19.2 Å². The summed E-state index contributed by atoms with van der Waals surface area (Å²) in [5, 5.41) is 0.319. The number of methoxy groups -OCH3 is 2. The maximum absolute atomic E-state index is 5.76. The van der Waals surface area contributed by atoms with Crippen molar-refractivity contribution in [2.75, 3.05) is 14.2 Å². The van der Waals surface area contributed by atoms with Gasteiger partial charge in [0.25, 0.3) is 0 Å². The first-order valence-corrected chi connectivity index (χ1v) is 3.82. The van der Waals surface area contributed by atoms with Gasteiger partial charge < -0.3 is 9.47 Å². The molecule has 0 atom stereocenters. The summed E-state index contributed by atoms with van der Waals surface area (Å²) in [6, 6.07) is 1.79. The minimum atomic E-state index is 0.319. The molecule has 0 aliphatic rings. The maximum Gasteiger partial charge on any atom is 0.217 e. The van der Waals surface area contributed by atoms with Gasteiger partial charge in [0.15, 0.2) is 10.9 Å². The average molecular weight is 188 g/mol. The first kappa shape index (κ1) is 9.13. The highest BCUT2D eigenvalue weighted by Gasteiger charge is 2.07. The standard InChI is InChI=1S/C8H10ClNO2/c1-5-4-6(11-2)7(9)10-8(5)12-3/h4H,1-3H3. The van der Waals surface area contributed by atoms with E-state index in [-0.39, 0.29) is 0 Å². The van der Waals surface area contributed by atoms with Crippen LogP contribution in [0.15, 0.2) is 6.07 Å². The van der Waals surface area contributed by atoms with Crippen LogP contribution in [0.4, 0.5) is 0 Å². The second-order valence-electron chi connectivity index (χ2n) is 2.31.